The molecule has 0 radical (unpaired) electrons. The van der Waals surface area contributed by atoms with Crippen LogP contribution in [0.3, 0.4) is 0 Å². The van der Waals surface area contributed by atoms with Crippen LogP contribution in [0.5, 0.6) is 11.6 Å². The molecule has 0 saturated heterocycles. The van der Waals surface area contributed by atoms with Gasteiger partial charge in [-0.1, -0.05) is 0 Å². The minimum Gasteiger partial charge on any atom is -0.433 e. The first-order valence-corrected chi connectivity index (χ1v) is 19.4. The molecular weight excluding hydrogens is 719 g/mol. The van der Waals surface area contributed by atoms with Gasteiger partial charge in [0.15, 0.2) is 23.2 Å². The number of nitrogens with one attached hydrogen (secondary N) is 1. The number of rotatable bonds is 10. The maximum absolute atomic E-state index is 13.7. The Kier molecular flexibility index (Phi) is 9.41. The number of amides is 1. The van der Waals surface area contributed by atoms with Crippen LogP contribution >= 0.6 is 0 Å². The van der Waals surface area contributed by atoms with Gasteiger partial charge in [0.25, 0.3) is 11.8 Å². The molecule has 1 fully saturated rings. The van der Waals surface area contributed by atoms with E-state index < -0.39 is 0 Å². The summed E-state index contributed by atoms with van der Waals surface area (Å²) in [5, 5.41) is 12.2. The van der Waals surface area contributed by atoms with Crippen molar-refractivity contribution in [2.45, 2.75) is 58.7 Å². The third-order valence-corrected chi connectivity index (χ3v) is 11.2. The van der Waals surface area contributed by atoms with E-state index in [-0.39, 0.29) is 18.4 Å². The summed E-state index contributed by atoms with van der Waals surface area (Å²) in [7, 11) is 5.99. The van der Waals surface area contributed by atoms with Gasteiger partial charge in [0.05, 0.1) is 60.6 Å². The van der Waals surface area contributed by atoms with Gasteiger partial charge in [-0.25, -0.2) is 24.6 Å². The largest absolute Gasteiger partial charge is 0.433 e. The Balaban J connectivity index is 0.934. The van der Waals surface area contributed by atoms with Crippen LogP contribution in [-0.2, 0) is 25.9 Å². The van der Waals surface area contributed by atoms with Crippen molar-refractivity contribution in [3.8, 4) is 40.0 Å². The van der Waals surface area contributed by atoms with Crippen molar-refractivity contribution in [3.05, 3.63) is 100 Å². The third-order valence-electron chi connectivity index (χ3n) is 11.2. The molecular formula is C42H47N13O2. The lowest BCUT2D eigenvalue weighted by Gasteiger charge is -2.27. The number of anilines is 2. The van der Waals surface area contributed by atoms with Gasteiger partial charge < -0.3 is 30.5 Å². The second kappa shape index (κ2) is 14.7. The van der Waals surface area contributed by atoms with E-state index in [1.165, 1.54) is 49.2 Å². The van der Waals surface area contributed by atoms with Gasteiger partial charge in [-0.3, -0.25) is 9.48 Å². The zero-order valence-electron chi connectivity index (χ0n) is 33.0. The molecule has 0 spiro atoms. The van der Waals surface area contributed by atoms with Crippen molar-refractivity contribution in [2.24, 2.45) is 0 Å². The molecule has 1 amide bonds. The summed E-state index contributed by atoms with van der Waals surface area (Å²) in [6.07, 6.45) is 14.4. The molecule has 4 aromatic heterocycles. The van der Waals surface area contributed by atoms with Crippen molar-refractivity contribution < 1.29 is 9.53 Å². The fourth-order valence-electron chi connectivity index (χ4n) is 7.82. The third kappa shape index (κ3) is 7.43. The van der Waals surface area contributed by atoms with E-state index in [9.17, 15) is 4.79 Å². The maximum atomic E-state index is 13.7. The van der Waals surface area contributed by atoms with E-state index in [2.05, 4.69) is 82.5 Å². The maximum Gasteiger partial charge on any atom is 0.263 e. The predicted molar refractivity (Wildman–Crippen MR) is 217 cm³/mol. The highest BCUT2D eigenvalue weighted by molar-refractivity contribution is 5.93. The molecule has 15 nitrogen and oxygen atoms in total. The van der Waals surface area contributed by atoms with Crippen LogP contribution in [0.15, 0.2) is 61.4 Å². The fourth-order valence-corrected chi connectivity index (χ4v) is 7.82. The van der Waals surface area contributed by atoms with Crippen LogP contribution in [0.4, 0.5) is 11.6 Å². The van der Waals surface area contributed by atoms with Gasteiger partial charge in [-0.15, -0.1) is 0 Å². The molecule has 9 rings (SSSR count). The molecule has 0 unspecified atom stereocenters. The van der Waals surface area contributed by atoms with Crippen LogP contribution < -0.4 is 15.8 Å². The van der Waals surface area contributed by atoms with Crippen LogP contribution in [0, 0.1) is 13.8 Å². The topological polar surface area (TPSA) is 161 Å². The molecule has 3 N–H and O–H groups in total. The predicted octanol–water partition coefficient (Wildman–Crippen LogP) is 5.43. The van der Waals surface area contributed by atoms with Gasteiger partial charge >= 0.3 is 0 Å². The second-order valence-electron chi connectivity index (χ2n) is 15.7. The van der Waals surface area contributed by atoms with E-state index in [4.69, 9.17) is 25.4 Å². The minimum absolute atomic E-state index is 0.116. The Bertz CT molecular complexity index is 2500. The number of ether oxygens (including phenoxy) is 1. The molecule has 2 aliphatic heterocycles. The first kappa shape index (κ1) is 36.4. The van der Waals surface area contributed by atoms with Crippen LogP contribution in [0.2, 0.25) is 0 Å². The summed E-state index contributed by atoms with van der Waals surface area (Å²) in [6, 6.07) is 9.13. The Morgan fingerprint density at radius 1 is 0.860 bits per heavy atom. The average molecular weight is 766 g/mol. The number of aromatic nitrogens is 8. The lowest BCUT2D eigenvalue weighted by Crippen LogP contribution is -2.31. The molecule has 57 heavy (non-hydrogen) atoms. The number of nitrogens with zero attached hydrogens (tertiary/aromatic N) is 11. The zero-order valence-corrected chi connectivity index (χ0v) is 33.0. The summed E-state index contributed by atoms with van der Waals surface area (Å²) in [6.45, 7) is 8.29. The van der Waals surface area contributed by atoms with E-state index in [0.29, 0.717) is 46.3 Å². The monoisotopic (exact) mass is 765 g/mol. The number of fused-ring (bicyclic) bond motifs is 2. The molecule has 292 valence electrons. The molecule has 6 aromatic rings. The average Bonchev–Trinajstić information content (AvgIpc) is 3.75. The molecule has 1 aliphatic carbocycles. The van der Waals surface area contributed by atoms with Gasteiger partial charge in [0.2, 0.25) is 0 Å². The normalized spacial score (nSPS) is 15.6. The van der Waals surface area contributed by atoms with Crippen LogP contribution in [0.1, 0.15) is 62.6 Å². The van der Waals surface area contributed by atoms with Crippen molar-refractivity contribution in [1.29, 1.82) is 0 Å². The Labute approximate surface area is 331 Å². The van der Waals surface area contributed by atoms with Crippen molar-refractivity contribution in [1.82, 2.24) is 54.2 Å². The number of hydrogen-bond acceptors (Lipinski definition) is 12. The van der Waals surface area contributed by atoms with E-state index in [1.54, 1.807) is 31.8 Å². The van der Waals surface area contributed by atoms with Crippen molar-refractivity contribution >= 4 is 17.5 Å². The molecule has 1 saturated carbocycles. The molecule has 3 aliphatic rings. The summed E-state index contributed by atoms with van der Waals surface area (Å²) in [5.41, 5.74) is 17.9. The zero-order chi connectivity index (χ0) is 39.4. The minimum atomic E-state index is -0.265. The fraction of sp³-hybridized carbons (Fsp3) is 0.357. The number of carbonyl (C=O) groups excluding carboxylic acids is 1. The number of nitrogen functional groups attached to an aromatic ring is 1. The molecule has 2 aromatic carbocycles. The summed E-state index contributed by atoms with van der Waals surface area (Å²) >= 11 is 0. The first-order chi connectivity index (χ1) is 27.6. The summed E-state index contributed by atoms with van der Waals surface area (Å²) in [5.74, 6) is 1.55. The van der Waals surface area contributed by atoms with E-state index in [1.807, 2.05) is 10.9 Å². The second-order valence-corrected chi connectivity index (χ2v) is 15.7. The van der Waals surface area contributed by atoms with Gasteiger partial charge in [0, 0.05) is 50.6 Å². The van der Waals surface area contributed by atoms with Gasteiger partial charge in [-0.05, 0) is 111 Å². The number of nitrogens with two attached hydrogens (primary N) is 1. The molecule has 6 heterocycles. The summed E-state index contributed by atoms with van der Waals surface area (Å²) < 4.78 is 9.77. The van der Waals surface area contributed by atoms with Crippen LogP contribution in [0.25, 0.3) is 28.3 Å². The van der Waals surface area contributed by atoms with Gasteiger partial charge in [-0.2, -0.15) is 10.2 Å². The molecule has 15 heteroatoms. The Hall–Kier alpha value is -6.19. The SMILES string of the molecule is Cc1cc(-c2cnc(NCN(C)C(=O)c3cnn(-c4nc(-c5cc(C)c6c(c5)CCN(C)C6)cnc4N)c3)c(Oc3cnn(C4CC4)c3)n2)cc2c1CCN(C)C2. The lowest BCUT2D eigenvalue weighted by atomic mass is 9.92. The van der Waals surface area contributed by atoms with E-state index in [0.717, 1.165) is 63.0 Å². The number of hydrogen-bond donors (Lipinski definition) is 2. The standard InChI is InChI=1S/C42H47N13O2/c1-25-12-29(15-30-20-51(3)11-9-34(25)30)37-19-45-39(41(50-37)57-33-17-48-54(22-33)32-6-7-32)46-24-53(5)42(56)31-16-47-55(21-31)40-38(43)44-18-36(49-40)28-13-26(2)35-23-52(4)10-8-27(35)14-28/h12-19,21-22,32H,6-11,20,23-24H2,1-5H3,(H2,43,44)(H,45,46). The Morgan fingerprint density at radius 3 is 2.39 bits per heavy atom. The highest BCUT2D eigenvalue weighted by atomic mass is 16.5. The number of carbonyl (C=O) groups is 1. The summed E-state index contributed by atoms with van der Waals surface area (Å²) in [4.78, 5) is 38.9. The highest BCUT2D eigenvalue weighted by Gasteiger charge is 2.26. The number of benzene rings is 2. The number of likely N-dealkylation sites (N-methyl/N-ethyl adjacent to an activating group) is 2. The van der Waals surface area contributed by atoms with Gasteiger partial charge in [0.1, 0.15) is 0 Å². The first-order valence-electron chi connectivity index (χ1n) is 19.4. The van der Waals surface area contributed by atoms with Crippen molar-refractivity contribution in [2.75, 3.05) is 52.0 Å². The van der Waals surface area contributed by atoms with E-state index >= 15 is 0 Å². The molecule has 0 atom stereocenters. The molecule has 0 bridgehead atoms. The van der Waals surface area contributed by atoms with Crippen LogP contribution in [-0.4, -0.2) is 101 Å². The lowest BCUT2D eigenvalue weighted by molar-refractivity contribution is 0.0804. The smallest absolute Gasteiger partial charge is 0.263 e. The number of aryl methyl sites for hydroxylation is 2. The quantitative estimate of drug-likeness (QED) is 0.171. The Morgan fingerprint density at radius 2 is 1.58 bits per heavy atom. The highest BCUT2D eigenvalue weighted by Crippen LogP contribution is 2.37. The van der Waals surface area contributed by atoms with Crippen molar-refractivity contribution in [3.63, 3.8) is 0 Å².